The third-order valence-corrected chi connectivity index (χ3v) is 7.62. The van der Waals surface area contributed by atoms with E-state index < -0.39 is 56.9 Å². The predicted octanol–water partition coefficient (Wildman–Crippen LogP) is 5.62. The summed E-state index contributed by atoms with van der Waals surface area (Å²) in [5.41, 5.74) is -1.18. The van der Waals surface area contributed by atoms with Gasteiger partial charge in [-0.05, 0) is 48.7 Å². The summed E-state index contributed by atoms with van der Waals surface area (Å²) in [6.07, 6.45) is -4.10. The quantitative estimate of drug-likeness (QED) is 0.376. The molecule has 1 N–H and O–H groups in total. The van der Waals surface area contributed by atoms with E-state index in [1.807, 2.05) is 13.8 Å². The van der Waals surface area contributed by atoms with Gasteiger partial charge in [-0.3, -0.25) is 13.9 Å². The molecule has 1 atom stereocenters. The van der Waals surface area contributed by atoms with E-state index in [0.717, 1.165) is 23.3 Å². The fourth-order valence-electron chi connectivity index (χ4n) is 3.37. The van der Waals surface area contributed by atoms with Crippen molar-refractivity contribution in [2.45, 2.75) is 39.5 Å². The number of sulfonamides is 1. The summed E-state index contributed by atoms with van der Waals surface area (Å²) in [7, 11) is -4.24. The van der Waals surface area contributed by atoms with Crippen LogP contribution in [0.25, 0.3) is 0 Å². The van der Waals surface area contributed by atoms with Crippen molar-refractivity contribution in [2.75, 3.05) is 23.7 Å². The topological polar surface area (TPSA) is 86.8 Å². The van der Waals surface area contributed by atoms with Gasteiger partial charge in [-0.25, -0.2) is 8.42 Å². The van der Waals surface area contributed by atoms with E-state index in [-0.39, 0.29) is 22.5 Å². The first kappa shape index (κ1) is 32.0. The maximum Gasteiger partial charge on any atom is 0.417 e. The van der Waals surface area contributed by atoms with E-state index in [4.69, 9.17) is 34.8 Å². The normalized spacial score (nSPS) is 12.8. The van der Waals surface area contributed by atoms with Gasteiger partial charge in [-0.2, -0.15) is 13.2 Å². The summed E-state index contributed by atoms with van der Waals surface area (Å²) in [5.74, 6) is -1.21. The number of rotatable bonds is 10. The number of anilines is 1. The largest absolute Gasteiger partial charge is 0.417 e. The first-order valence-corrected chi connectivity index (χ1v) is 14.3. The van der Waals surface area contributed by atoms with Crippen LogP contribution >= 0.6 is 34.8 Å². The lowest BCUT2D eigenvalue weighted by Gasteiger charge is -2.32. The van der Waals surface area contributed by atoms with Crippen LogP contribution in [0.5, 0.6) is 0 Å². The zero-order chi connectivity index (χ0) is 29.0. The van der Waals surface area contributed by atoms with Gasteiger partial charge in [0.15, 0.2) is 0 Å². The van der Waals surface area contributed by atoms with Crippen LogP contribution in [-0.2, 0) is 32.3 Å². The Morgan fingerprint density at radius 2 is 1.58 bits per heavy atom. The van der Waals surface area contributed by atoms with Gasteiger partial charge in [-0.1, -0.05) is 54.7 Å². The fraction of sp³-hybridized carbons (Fsp3) is 0.417. The third-order valence-electron chi connectivity index (χ3n) is 5.41. The van der Waals surface area contributed by atoms with Crippen LogP contribution in [-0.4, -0.2) is 50.5 Å². The highest BCUT2D eigenvalue weighted by Crippen LogP contribution is 2.37. The van der Waals surface area contributed by atoms with Crippen molar-refractivity contribution in [3.8, 4) is 0 Å². The molecule has 0 spiro atoms. The number of hydrogen-bond acceptors (Lipinski definition) is 4. The van der Waals surface area contributed by atoms with Crippen molar-refractivity contribution in [1.29, 1.82) is 0 Å². The maximum atomic E-state index is 13.5. The van der Waals surface area contributed by atoms with Crippen LogP contribution in [0.1, 0.15) is 31.9 Å². The molecule has 7 nitrogen and oxygen atoms in total. The van der Waals surface area contributed by atoms with E-state index in [9.17, 15) is 31.2 Å². The van der Waals surface area contributed by atoms with Crippen LogP contribution < -0.4 is 9.62 Å². The van der Waals surface area contributed by atoms with Gasteiger partial charge in [0.05, 0.1) is 32.6 Å². The van der Waals surface area contributed by atoms with E-state index in [1.54, 1.807) is 6.07 Å². The lowest BCUT2D eigenvalue weighted by molar-refractivity contribution is -0.139. The molecule has 2 aromatic carbocycles. The highest BCUT2D eigenvalue weighted by molar-refractivity contribution is 7.92. The highest BCUT2D eigenvalue weighted by Gasteiger charge is 2.35. The Kier molecular flexibility index (Phi) is 10.7. The molecule has 2 aromatic rings. The maximum absolute atomic E-state index is 13.5. The number of nitrogens with zero attached hydrogens (tertiary/aromatic N) is 2. The smallest absolute Gasteiger partial charge is 0.354 e. The van der Waals surface area contributed by atoms with Crippen molar-refractivity contribution in [2.24, 2.45) is 5.92 Å². The number of carbonyl (C=O) groups excluding carboxylic acids is 2. The average Bonchev–Trinajstić information content (AvgIpc) is 2.80. The van der Waals surface area contributed by atoms with Crippen molar-refractivity contribution in [1.82, 2.24) is 10.2 Å². The predicted molar refractivity (Wildman–Crippen MR) is 143 cm³/mol. The Bertz CT molecular complexity index is 1290. The van der Waals surface area contributed by atoms with Gasteiger partial charge >= 0.3 is 6.18 Å². The molecular weight excluding hydrogens is 590 g/mol. The highest BCUT2D eigenvalue weighted by atomic mass is 35.5. The Balaban J connectivity index is 2.48. The monoisotopic (exact) mass is 615 g/mol. The second-order valence-electron chi connectivity index (χ2n) is 9.02. The Morgan fingerprint density at radius 3 is 2.11 bits per heavy atom. The van der Waals surface area contributed by atoms with Gasteiger partial charge in [-0.15, -0.1) is 0 Å². The third kappa shape index (κ3) is 8.65. The molecule has 0 heterocycles. The fourth-order valence-corrected chi connectivity index (χ4v) is 4.76. The van der Waals surface area contributed by atoms with Crippen molar-refractivity contribution >= 4 is 62.3 Å². The van der Waals surface area contributed by atoms with E-state index in [0.29, 0.717) is 22.5 Å². The van der Waals surface area contributed by atoms with Gasteiger partial charge in [0.25, 0.3) is 0 Å². The minimum absolute atomic E-state index is 0.124. The molecule has 0 aliphatic heterocycles. The number of carbonyl (C=O) groups is 2. The molecule has 0 aliphatic rings. The van der Waals surface area contributed by atoms with Crippen LogP contribution in [0, 0.1) is 5.92 Å². The van der Waals surface area contributed by atoms with E-state index in [1.165, 1.54) is 19.1 Å². The lowest BCUT2D eigenvalue weighted by atomic mass is 10.1. The minimum Gasteiger partial charge on any atom is -0.354 e. The molecule has 0 aliphatic carbocycles. The molecular formula is C24H27Cl3F3N3O4S. The van der Waals surface area contributed by atoms with Crippen LogP contribution in [0.4, 0.5) is 18.9 Å². The van der Waals surface area contributed by atoms with Crippen LogP contribution in [0.15, 0.2) is 36.4 Å². The lowest BCUT2D eigenvalue weighted by Crippen LogP contribution is -2.51. The first-order valence-electron chi connectivity index (χ1n) is 11.3. The summed E-state index contributed by atoms with van der Waals surface area (Å²) in [6, 6.07) is 6.03. The molecule has 0 saturated carbocycles. The van der Waals surface area contributed by atoms with Gasteiger partial charge in [0.2, 0.25) is 21.8 Å². The first-order chi connectivity index (χ1) is 17.4. The summed E-state index contributed by atoms with van der Waals surface area (Å²) in [4.78, 5) is 27.4. The molecule has 0 fully saturated rings. The molecule has 0 aromatic heterocycles. The van der Waals surface area contributed by atoms with Crippen LogP contribution in [0.2, 0.25) is 15.1 Å². The molecule has 38 heavy (non-hydrogen) atoms. The average molecular weight is 617 g/mol. The van der Waals surface area contributed by atoms with Gasteiger partial charge < -0.3 is 10.2 Å². The van der Waals surface area contributed by atoms with E-state index >= 15 is 0 Å². The summed E-state index contributed by atoms with van der Waals surface area (Å²) in [5, 5.41) is 2.56. The second-order valence-corrected chi connectivity index (χ2v) is 12.1. The second kappa shape index (κ2) is 12.8. The molecule has 1 unspecified atom stereocenters. The number of halogens is 6. The molecule has 0 saturated heterocycles. The molecule has 2 amide bonds. The summed E-state index contributed by atoms with van der Waals surface area (Å²) >= 11 is 17.7. The Labute approximate surface area is 234 Å². The molecule has 2 rings (SSSR count). The SMILES string of the molecule is CC(C)CNC(=O)C(C)N(Cc1ccc(Cl)c(Cl)c1)C(=O)CN(c1ccc(Cl)c(C(F)(F)F)c1)S(C)(=O)=O. The van der Waals surface area contributed by atoms with E-state index in [2.05, 4.69) is 5.32 Å². The number of benzene rings is 2. The van der Waals surface area contributed by atoms with Gasteiger partial charge in [0, 0.05) is 13.1 Å². The minimum atomic E-state index is -4.86. The zero-order valence-electron chi connectivity index (χ0n) is 20.9. The number of alkyl halides is 3. The van der Waals surface area contributed by atoms with Crippen LogP contribution in [0.3, 0.4) is 0 Å². The Morgan fingerprint density at radius 1 is 0.974 bits per heavy atom. The standard InChI is InChI=1S/C24H27Cl3F3N3O4S/c1-14(2)11-31-23(35)15(3)32(12-16-5-7-20(26)21(27)9-16)22(34)13-33(38(4,36)37)17-6-8-19(25)18(10-17)24(28,29)30/h5-10,14-15H,11-13H2,1-4H3,(H,31,35). The van der Waals surface area contributed by atoms with Crippen molar-refractivity contribution in [3.63, 3.8) is 0 Å². The van der Waals surface area contributed by atoms with Gasteiger partial charge in [0.1, 0.15) is 12.6 Å². The molecule has 14 heteroatoms. The number of amides is 2. The van der Waals surface area contributed by atoms with Crippen molar-refractivity contribution in [3.05, 3.63) is 62.6 Å². The number of hydrogen-bond donors (Lipinski definition) is 1. The number of nitrogens with one attached hydrogen (secondary N) is 1. The summed E-state index contributed by atoms with van der Waals surface area (Å²) < 4.78 is 65.9. The Hall–Kier alpha value is -2.21. The molecule has 0 radical (unpaired) electrons. The molecule has 0 bridgehead atoms. The molecule has 210 valence electrons. The van der Waals surface area contributed by atoms with Crippen molar-refractivity contribution < 1.29 is 31.2 Å². The zero-order valence-corrected chi connectivity index (χ0v) is 24.0. The summed E-state index contributed by atoms with van der Waals surface area (Å²) in [6.45, 7) is 4.53.